The number of anilines is 4. The van der Waals surface area contributed by atoms with Gasteiger partial charge in [-0.15, -0.1) is 0 Å². The minimum absolute atomic E-state index is 0.0124. The van der Waals surface area contributed by atoms with Gasteiger partial charge >= 0.3 is 11.9 Å². The maximum atomic E-state index is 12.4. The molecule has 0 bridgehead atoms. The van der Waals surface area contributed by atoms with Crippen LogP contribution in [0.15, 0.2) is 217 Å². The Kier molecular flexibility index (Phi) is 24.6. The SMILES string of the molecule is CCOc1cccc2c(NCCCCCCCCNc3c4ccccc4nc4c(OCC)cccc34)c3ccccc3nc12.O=C(CNS(=O)(=O)c1ccc(-c2ccccc2)cc1)Nc1ccc(C(=O)O)c(O)c1.O=C(COCc1ccccc1)Nc1ccc(C(=O)O)cc1. The Morgan fingerprint density at radius 2 is 0.968 bits per heavy atom. The highest BCUT2D eigenvalue weighted by Crippen LogP contribution is 2.37. The molecule has 0 radical (unpaired) electrons. The fourth-order valence-electron chi connectivity index (χ4n) is 10.5. The van der Waals surface area contributed by atoms with E-state index < -0.39 is 40.2 Å². The van der Waals surface area contributed by atoms with Crippen molar-refractivity contribution >= 4 is 100 Å². The van der Waals surface area contributed by atoms with Crippen LogP contribution < -0.4 is 35.5 Å². The molecule has 0 atom stereocenters. The Balaban J connectivity index is 0.000000180. The van der Waals surface area contributed by atoms with E-state index in [1.807, 2.05) is 98.8 Å². The highest BCUT2D eigenvalue weighted by molar-refractivity contribution is 7.89. The van der Waals surface area contributed by atoms with E-state index >= 15 is 0 Å². The predicted octanol–water partition coefficient (Wildman–Crippen LogP) is 15.0. The van der Waals surface area contributed by atoms with Crippen LogP contribution >= 0.6 is 0 Å². The van der Waals surface area contributed by atoms with Gasteiger partial charge in [0.15, 0.2) is 0 Å². The molecule has 19 nitrogen and oxygen atoms in total. The van der Waals surface area contributed by atoms with Crippen molar-refractivity contribution in [2.75, 3.05) is 60.7 Å². The molecule has 488 valence electrons. The van der Waals surface area contributed by atoms with E-state index in [9.17, 15) is 32.7 Å². The van der Waals surface area contributed by atoms with Gasteiger partial charge in [-0.05, 0) is 116 Å². The summed E-state index contributed by atoms with van der Waals surface area (Å²) in [7, 11) is -3.91. The molecule has 0 saturated carbocycles. The zero-order valence-corrected chi connectivity index (χ0v) is 53.5. The van der Waals surface area contributed by atoms with Crippen LogP contribution in [0.2, 0.25) is 0 Å². The van der Waals surface area contributed by atoms with Crippen molar-refractivity contribution < 1.29 is 57.1 Å². The number of sulfonamides is 1. The van der Waals surface area contributed by atoms with E-state index in [1.54, 1.807) is 24.3 Å². The van der Waals surface area contributed by atoms with E-state index in [2.05, 4.69) is 86.7 Å². The average molecular weight is 1300 g/mol. The van der Waals surface area contributed by atoms with Gasteiger partial charge in [0.2, 0.25) is 21.8 Å². The van der Waals surface area contributed by atoms with Gasteiger partial charge in [-0.1, -0.05) is 159 Å². The molecule has 0 unspecified atom stereocenters. The van der Waals surface area contributed by atoms with E-state index in [1.165, 1.54) is 56.0 Å². The van der Waals surface area contributed by atoms with E-state index in [4.69, 9.17) is 34.4 Å². The number of pyridine rings is 2. The third kappa shape index (κ3) is 19.1. The van der Waals surface area contributed by atoms with Crippen LogP contribution in [-0.4, -0.2) is 96.9 Å². The summed E-state index contributed by atoms with van der Waals surface area (Å²) in [5.41, 5.74) is 9.47. The molecule has 11 aromatic rings. The Morgan fingerprint density at radius 1 is 0.484 bits per heavy atom. The first-order valence-corrected chi connectivity index (χ1v) is 32.8. The maximum Gasteiger partial charge on any atom is 0.339 e. The lowest BCUT2D eigenvalue weighted by Crippen LogP contribution is -2.32. The second-order valence-electron chi connectivity index (χ2n) is 21.9. The predicted molar refractivity (Wildman–Crippen MR) is 374 cm³/mol. The number of aromatic hydroxyl groups is 1. The van der Waals surface area contributed by atoms with Crippen molar-refractivity contribution in [2.24, 2.45) is 0 Å². The van der Waals surface area contributed by atoms with E-state index in [0.29, 0.717) is 25.5 Å². The molecule has 2 aromatic heterocycles. The van der Waals surface area contributed by atoms with Gasteiger partial charge in [0, 0.05) is 52.1 Å². The van der Waals surface area contributed by atoms with E-state index in [-0.39, 0.29) is 34.2 Å². The number of phenols is 1. The quantitative estimate of drug-likeness (QED) is 0.0167. The summed E-state index contributed by atoms with van der Waals surface area (Å²) in [5.74, 6) is -2.10. The highest BCUT2D eigenvalue weighted by atomic mass is 32.2. The number of ether oxygens (including phenoxy) is 3. The Labute approximate surface area is 551 Å². The standard InChI is InChI=1S/C38H42N4O2.C21H18N2O6S.C16H15NO4/c1-3-43-33-23-15-19-29-35(27-17-9-11-21-31(27)41-37(29)33)39-25-13-7-5-6-8-14-26-40-36-28-18-10-12-22-32(28)42-38-30(36)20-16-24-34(38)44-4-2;24-19-12-16(8-11-18(19)21(26)27)23-20(25)13-22-30(28,29)17-9-6-15(7-10-17)14-4-2-1-3-5-14;18-15(11-21-10-12-4-2-1-3-5-12)17-14-8-6-13(7-9-14)16(19)20/h9-12,15-24H,3-8,13-14,25-26H2,1-2H3,(H,39,41)(H,40,42);1-12,22,24H,13H2,(H,23,25)(H,26,27);1-9H,10-11H2,(H,17,18)(H,19,20). The number of carbonyl (C=O) groups is 4. The number of hydrogen-bond donors (Lipinski definition) is 8. The number of aromatic nitrogens is 2. The number of para-hydroxylation sites is 4. The van der Waals surface area contributed by atoms with Crippen LogP contribution in [0.5, 0.6) is 17.2 Å². The Bertz CT molecular complexity index is 4390. The minimum atomic E-state index is -3.91. The average Bonchev–Trinajstić information content (AvgIpc) is 0.787. The van der Waals surface area contributed by atoms with Gasteiger partial charge in [-0.25, -0.2) is 32.7 Å². The molecular weight excluding hydrogens is 1220 g/mol. The zero-order chi connectivity index (χ0) is 66.9. The first-order valence-electron chi connectivity index (χ1n) is 31.3. The summed E-state index contributed by atoms with van der Waals surface area (Å²) in [5, 5.41) is 44.4. The van der Waals surface area contributed by atoms with Crippen molar-refractivity contribution in [3.63, 3.8) is 0 Å². The van der Waals surface area contributed by atoms with Gasteiger partial charge in [0.25, 0.3) is 0 Å². The van der Waals surface area contributed by atoms with Crippen LogP contribution in [0.1, 0.15) is 78.7 Å². The minimum Gasteiger partial charge on any atom is -0.507 e. The number of carbonyl (C=O) groups excluding carboxylic acids is 2. The number of carboxylic acids is 2. The number of hydrogen-bond acceptors (Lipinski definition) is 14. The lowest BCUT2D eigenvalue weighted by Gasteiger charge is -2.15. The first kappa shape index (κ1) is 68.4. The summed E-state index contributed by atoms with van der Waals surface area (Å²) in [4.78, 5) is 55.2. The third-order valence-corrected chi connectivity index (χ3v) is 16.5. The molecule has 11 rings (SSSR count). The van der Waals surface area contributed by atoms with Crippen LogP contribution in [0.25, 0.3) is 54.7 Å². The molecule has 9 aromatic carbocycles. The number of nitrogens with one attached hydrogen (secondary N) is 5. The normalized spacial score (nSPS) is 11.0. The highest BCUT2D eigenvalue weighted by Gasteiger charge is 2.19. The molecule has 0 spiro atoms. The fraction of sp³-hybridized carbons (Fsp3) is 0.200. The Hall–Kier alpha value is -10.9. The number of carboxylic acid groups (broad SMARTS) is 2. The largest absolute Gasteiger partial charge is 0.507 e. The third-order valence-electron chi connectivity index (χ3n) is 15.1. The molecule has 2 amide bonds. The number of fused-ring (bicyclic) bond motifs is 4. The molecule has 0 saturated heterocycles. The molecule has 8 N–H and O–H groups in total. The summed E-state index contributed by atoms with van der Waals surface area (Å²) in [6.45, 7) is 6.92. The number of benzene rings is 9. The molecule has 95 heavy (non-hydrogen) atoms. The van der Waals surface area contributed by atoms with Gasteiger partial charge in [0.1, 0.15) is 40.5 Å². The smallest absolute Gasteiger partial charge is 0.339 e. The lowest BCUT2D eigenvalue weighted by molar-refractivity contribution is -0.121. The van der Waals surface area contributed by atoms with Gasteiger partial charge in [0.05, 0.1) is 59.2 Å². The van der Waals surface area contributed by atoms with Gasteiger partial charge < -0.3 is 50.8 Å². The molecule has 0 fully saturated rings. The first-order chi connectivity index (χ1) is 46.2. The molecule has 0 aliphatic rings. The number of aromatic carboxylic acids is 2. The molecular formula is C75H75N7O12S. The van der Waals surface area contributed by atoms with Crippen LogP contribution in [-0.2, 0) is 31.0 Å². The molecule has 20 heteroatoms. The van der Waals surface area contributed by atoms with Crippen molar-refractivity contribution in [3.8, 4) is 28.4 Å². The number of nitrogens with zero attached hydrogens (tertiary/aromatic N) is 2. The number of amides is 2. The van der Waals surface area contributed by atoms with Crippen LogP contribution in [0.3, 0.4) is 0 Å². The summed E-state index contributed by atoms with van der Waals surface area (Å²) in [6.07, 6.45) is 7.19. The lowest BCUT2D eigenvalue weighted by atomic mass is 10.1. The van der Waals surface area contributed by atoms with Gasteiger partial charge in [-0.3, -0.25) is 9.59 Å². The summed E-state index contributed by atoms with van der Waals surface area (Å²) >= 11 is 0. The summed E-state index contributed by atoms with van der Waals surface area (Å²) in [6, 6.07) is 63.9. The zero-order valence-electron chi connectivity index (χ0n) is 52.7. The van der Waals surface area contributed by atoms with Crippen LogP contribution in [0, 0.1) is 0 Å². The summed E-state index contributed by atoms with van der Waals surface area (Å²) < 4.78 is 44.1. The van der Waals surface area contributed by atoms with Crippen molar-refractivity contribution in [2.45, 2.75) is 63.9 Å². The van der Waals surface area contributed by atoms with Crippen molar-refractivity contribution in [1.82, 2.24) is 14.7 Å². The van der Waals surface area contributed by atoms with E-state index in [0.717, 1.165) is 121 Å². The van der Waals surface area contributed by atoms with Crippen molar-refractivity contribution in [1.29, 1.82) is 0 Å². The topological polar surface area (TPSA) is 277 Å². The monoisotopic (exact) mass is 1300 g/mol. The number of unbranched alkanes of at least 4 members (excludes halogenated alkanes) is 5. The fourth-order valence-corrected chi connectivity index (χ4v) is 11.5. The molecule has 0 aliphatic heterocycles. The van der Waals surface area contributed by atoms with Crippen LogP contribution in [0.4, 0.5) is 22.7 Å². The second kappa shape index (κ2) is 34.1. The Morgan fingerprint density at radius 3 is 1.49 bits per heavy atom. The number of rotatable bonds is 28. The molecule has 2 heterocycles. The maximum absolute atomic E-state index is 12.4. The van der Waals surface area contributed by atoms with Crippen molar-refractivity contribution in [3.05, 3.63) is 229 Å². The second-order valence-corrected chi connectivity index (χ2v) is 23.6. The molecule has 0 aliphatic carbocycles. The van der Waals surface area contributed by atoms with Gasteiger partial charge in [-0.2, -0.15) is 0 Å².